The van der Waals surface area contributed by atoms with Crippen molar-refractivity contribution in [2.24, 2.45) is 0 Å². The van der Waals surface area contributed by atoms with Gasteiger partial charge in [-0.05, 0) is 25.0 Å². The van der Waals surface area contributed by atoms with Crippen LogP contribution in [0.3, 0.4) is 0 Å². The van der Waals surface area contributed by atoms with Crippen molar-refractivity contribution in [3.8, 4) is 11.5 Å². The second-order valence-corrected chi connectivity index (χ2v) is 7.59. The van der Waals surface area contributed by atoms with Crippen molar-refractivity contribution in [2.45, 2.75) is 18.9 Å². The number of amides is 2. The molecule has 2 heterocycles. The predicted molar refractivity (Wildman–Crippen MR) is 84.2 cm³/mol. The Balaban J connectivity index is 1.50. The molecule has 1 aromatic rings. The summed E-state index contributed by atoms with van der Waals surface area (Å²) in [6.45, 7) is 1.03. The molecule has 3 rings (SSSR count). The number of hydrogen-bond acceptors (Lipinski definition) is 5. The van der Waals surface area contributed by atoms with Crippen molar-refractivity contribution in [1.82, 2.24) is 9.62 Å². The van der Waals surface area contributed by atoms with Crippen LogP contribution in [0.25, 0.3) is 0 Å². The number of benzene rings is 1. The maximum absolute atomic E-state index is 12.0. The number of nitrogens with zero attached hydrogens (tertiary/aromatic N) is 1. The summed E-state index contributed by atoms with van der Waals surface area (Å²) < 4.78 is 34.8. The Morgan fingerprint density at radius 3 is 2.61 bits per heavy atom. The van der Waals surface area contributed by atoms with E-state index in [1.807, 2.05) is 0 Å². The Morgan fingerprint density at radius 1 is 1.22 bits per heavy atom. The zero-order chi connectivity index (χ0) is 16.4. The minimum absolute atomic E-state index is 0.0398. The second-order valence-electron chi connectivity index (χ2n) is 5.60. The summed E-state index contributed by atoms with van der Waals surface area (Å²) in [5, 5.41) is 5.61. The Labute approximate surface area is 134 Å². The van der Waals surface area contributed by atoms with Gasteiger partial charge in [0.15, 0.2) is 11.5 Å². The number of urea groups is 1. The molecule has 2 aliphatic heterocycles. The average Bonchev–Trinajstić information content (AvgIpc) is 2.94. The largest absolute Gasteiger partial charge is 0.454 e. The molecule has 2 aliphatic rings. The number of hydrogen-bond donors (Lipinski definition) is 2. The van der Waals surface area contributed by atoms with Gasteiger partial charge < -0.3 is 20.1 Å². The summed E-state index contributed by atoms with van der Waals surface area (Å²) in [6, 6.07) is 4.82. The number of piperidine rings is 1. The van der Waals surface area contributed by atoms with E-state index in [0.717, 1.165) is 0 Å². The molecule has 0 aliphatic carbocycles. The highest BCUT2D eigenvalue weighted by molar-refractivity contribution is 7.88. The van der Waals surface area contributed by atoms with Gasteiger partial charge in [-0.15, -0.1) is 0 Å². The van der Waals surface area contributed by atoms with Gasteiger partial charge in [0.1, 0.15) is 0 Å². The predicted octanol–water partition coefficient (Wildman–Crippen LogP) is 0.961. The summed E-state index contributed by atoms with van der Waals surface area (Å²) >= 11 is 0. The third-order valence-electron chi connectivity index (χ3n) is 3.89. The van der Waals surface area contributed by atoms with E-state index < -0.39 is 10.0 Å². The van der Waals surface area contributed by atoms with Crippen LogP contribution in [0.1, 0.15) is 12.8 Å². The number of anilines is 1. The molecular weight excluding hydrogens is 322 g/mol. The lowest BCUT2D eigenvalue weighted by Gasteiger charge is -2.30. The zero-order valence-electron chi connectivity index (χ0n) is 12.7. The zero-order valence-corrected chi connectivity index (χ0v) is 13.6. The molecule has 23 heavy (non-hydrogen) atoms. The summed E-state index contributed by atoms with van der Waals surface area (Å²) in [5.41, 5.74) is 0.611. The van der Waals surface area contributed by atoms with E-state index in [4.69, 9.17) is 9.47 Å². The molecule has 9 heteroatoms. The molecule has 1 fully saturated rings. The van der Waals surface area contributed by atoms with E-state index in [1.165, 1.54) is 10.6 Å². The lowest BCUT2D eigenvalue weighted by molar-refractivity contribution is 0.174. The van der Waals surface area contributed by atoms with E-state index in [2.05, 4.69) is 10.6 Å². The Hall–Kier alpha value is -2.00. The van der Waals surface area contributed by atoms with Crippen LogP contribution in [-0.2, 0) is 10.0 Å². The molecule has 0 aromatic heterocycles. The van der Waals surface area contributed by atoms with Gasteiger partial charge in [-0.3, -0.25) is 0 Å². The summed E-state index contributed by atoms with van der Waals surface area (Å²) in [6.07, 6.45) is 2.40. The Bertz CT molecular complexity index is 698. The molecule has 0 bridgehead atoms. The SMILES string of the molecule is CS(=O)(=O)N1CCC(NC(=O)Nc2ccc3c(c2)OCO3)CC1. The molecule has 0 unspecified atom stereocenters. The summed E-state index contributed by atoms with van der Waals surface area (Å²) in [5.74, 6) is 1.26. The number of carbonyl (C=O) groups excluding carboxylic acids is 1. The van der Waals surface area contributed by atoms with Crippen LogP contribution in [-0.4, -0.2) is 50.9 Å². The standard InChI is InChI=1S/C14H19N3O5S/c1-23(19,20)17-6-4-10(5-7-17)15-14(18)16-11-2-3-12-13(8-11)22-9-21-12/h2-3,8,10H,4-7,9H2,1H3,(H2,15,16,18). The van der Waals surface area contributed by atoms with Gasteiger partial charge in [-0.2, -0.15) is 0 Å². The van der Waals surface area contributed by atoms with Crippen molar-refractivity contribution in [3.63, 3.8) is 0 Å². The van der Waals surface area contributed by atoms with Gasteiger partial charge in [0.05, 0.1) is 6.26 Å². The maximum atomic E-state index is 12.0. The fraction of sp³-hybridized carbons (Fsp3) is 0.500. The number of sulfonamides is 1. The molecule has 0 spiro atoms. The minimum atomic E-state index is -3.15. The van der Waals surface area contributed by atoms with Crippen LogP contribution >= 0.6 is 0 Å². The number of nitrogens with one attached hydrogen (secondary N) is 2. The number of carbonyl (C=O) groups is 1. The van der Waals surface area contributed by atoms with E-state index >= 15 is 0 Å². The fourth-order valence-electron chi connectivity index (χ4n) is 2.66. The molecule has 126 valence electrons. The Kier molecular flexibility index (Phi) is 4.31. The van der Waals surface area contributed by atoms with Crippen molar-refractivity contribution in [3.05, 3.63) is 18.2 Å². The van der Waals surface area contributed by atoms with Gasteiger partial charge in [0.2, 0.25) is 16.8 Å². The Morgan fingerprint density at radius 2 is 1.91 bits per heavy atom. The average molecular weight is 341 g/mol. The van der Waals surface area contributed by atoms with Gasteiger partial charge >= 0.3 is 6.03 Å². The third-order valence-corrected chi connectivity index (χ3v) is 5.19. The van der Waals surface area contributed by atoms with Gasteiger partial charge in [-0.1, -0.05) is 0 Å². The highest BCUT2D eigenvalue weighted by Gasteiger charge is 2.25. The lowest BCUT2D eigenvalue weighted by atomic mass is 10.1. The molecular formula is C14H19N3O5S. The van der Waals surface area contributed by atoms with E-state index in [1.54, 1.807) is 18.2 Å². The van der Waals surface area contributed by atoms with Crippen LogP contribution in [0, 0.1) is 0 Å². The topological polar surface area (TPSA) is 97.0 Å². The normalized spacial score (nSPS) is 18.7. The van der Waals surface area contributed by atoms with Crippen LogP contribution in [0.4, 0.5) is 10.5 Å². The van der Waals surface area contributed by atoms with Crippen molar-refractivity contribution >= 4 is 21.7 Å². The summed E-state index contributed by atoms with van der Waals surface area (Å²) in [4.78, 5) is 12.0. The molecule has 0 radical (unpaired) electrons. The van der Waals surface area contributed by atoms with Crippen LogP contribution in [0.2, 0.25) is 0 Å². The number of ether oxygens (including phenoxy) is 2. The second kappa shape index (κ2) is 6.25. The van der Waals surface area contributed by atoms with Gasteiger partial charge in [-0.25, -0.2) is 17.5 Å². The lowest BCUT2D eigenvalue weighted by Crippen LogP contribution is -2.47. The highest BCUT2D eigenvalue weighted by Crippen LogP contribution is 2.34. The monoisotopic (exact) mass is 341 g/mol. The van der Waals surface area contributed by atoms with Crippen molar-refractivity contribution in [2.75, 3.05) is 31.5 Å². The van der Waals surface area contributed by atoms with Gasteiger partial charge in [0.25, 0.3) is 0 Å². The summed E-state index contributed by atoms with van der Waals surface area (Å²) in [7, 11) is -3.15. The van der Waals surface area contributed by atoms with Crippen molar-refractivity contribution < 1.29 is 22.7 Å². The molecule has 0 saturated carbocycles. The minimum Gasteiger partial charge on any atom is -0.454 e. The number of fused-ring (bicyclic) bond motifs is 1. The third kappa shape index (κ3) is 3.85. The quantitative estimate of drug-likeness (QED) is 0.853. The molecule has 2 N–H and O–H groups in total. The molecule has 0 atom stereocenters. The molecule has 1 aromatic carbocycles. The highest BCUT2D eigenvalue weighted by atomic mass is 32.2. The van der Waals surface area contributed by atoms with Crippen LogP contribution < -0.4 is 20.1 Å². The first kappa shape index (κ1) is 15.9. The van der Waals surface area contributed by atoms with E-state index in [0.29, 0.717) is 43.1 Å². The van der Waals surface area contributed by atoms with Crippen LogP contribution in [0.5, 0.6) is 11.5 Å². The first-order valence-electron chi connectivity index (χ1n) is 7.34. The van der Waals surface area contributed by atoms with E-state index in [-0.39, 0.29) is 18.9 Å². The van der Waals surface area contributed by atoms with Crippen molar-refractivity contribution in [1.29, 1.82) is 0 Å². The molecule has 1 saturated heterocycles. The van der Waals surface area contributed by atoms with Gasteiger partial charge in [0, 0.05) is 30.9 Å². The molecule has 8 nitrogen and oxygen atoms in total. The molecule has 2 amide bonds. The van der Waals surface area contributed by atoms with Crippen LogP contribution in [0.15, 0.2) is 18.2 Å². The maximum Gasteiger partial charge on any atom is 0.319 e. The first-order chi connectivity index (χ1) is 10.9. The fourth-order valence-corrected chi connectivity index (χ4v) is 3.53. The smallest absolute Gasteiger partial charge is 0.319 e. The first-order valence-corrected chi connectivity index (χ1v) is 9.19. The van der Waals surface area contributed by atoms with E-state index in [9.17, 15) is 13.2 Å². The number of rotatable bonds is 3.